The number of carbonyl (C=O) groups excluding carboxylic acids is 3. The van der Waals surface area contributed by atoms with Gasteiger partial charge >= 0.3 is 5.97 Å². The maximum atomic E-state index is 12.5. The third-order valence-electron chi connectivity index (χ3n) is 6.10. The fourth-order valence-corrected chi connectivity index (χ4v) is 4.04. The summed E-state index contributed by atoms with van der Waals surface area (Å²) in [4.78, 5) is 35.9. The SMILES string of the molecule is CCCCC=CCCCCCCCCCCCCCC1=C(O)C(=O)C(C)=C(OC(C)=O)C1=O. The van der Waals surface area contributed by atoms with Crippen LogP contribution in [0, 0.1) is 0 Å². The van der Waals surface area contributed by atoms with Gasteiger partial charge in [-0.15, -0.1) is 0 Å². The molecule has 0 unspecified atom stereocenters. The van der Waals surface area contributed by atoms with Crippen molar-refractivity contribution in [2.24, 2.45) is 0 Å². The number of aliphatic hydroxyl groups excluding tert-OH is 1. The summed E-state index contributed by atoms with van der Waals surface area (Å²) >= 11 is 0. The van der Waals surface area contributed by atoms with Crippen molar-refractivity contribution < 1.29 is 24.2 Å². The average Bonchev–Trinajstić information content (AvgIpc) is 2.79. The highest BCUT2D eigenvalue weighted by Crippen LogP contribution is 2.28. The van der Waals surface area contributed by atoms with Crippen LogP contribution in [0.1, 0.15) is 124 Å². The van der Waals surface area contributed by atoms with E-state index in [1.807, 2.05) is 0 Å². The quantitative estimate of drug-likeness (QED) is 0.0985. The topological polar surface area (TPSA) is 80.7 Å². The molecule has 33 heavy (non-hydrogen) atoms. The Hall–Kier alpha value is -2.17. The van der Waals surface area contributed by atoms with E-state index in [2.05, 4.69) is 19.1 Å². The second-order valence-electron chi connectivity index (χ2n) is 9.07. The molecule has 0 radical (unpaired) electrons. The molecule has 0 spiro atoms. The third kappa shape index (κ3) is 11.5. The Morgan fingerprint density at radius 3 is 1.79 bits per heavy atom. The number of ketones is 2. The lowest BCUT2D eigenvalue weighted by Crippen LogP contribution is -2.25. The van der Waals surface area contributed by atoms with Crippen molar-refractivity contribution in [1.82, 2.24) is 0 Å². The highest BCUT2D eigenvalue weighted by Gasteiger charge is 2.34. The van der Waals surface area contributed by atoms with Gasteiger partial charge in [0.25, 0.3) is 0 Å². The first-order valence-corrected chi connectivity index (χ1v) is 13.0. The monoisotopic (exact) mass is 460 g/mol. The molecule has 186 valence electrons. The summed E-state index contributed by atoms with van der Waals surface area (Å²) in [6.07, 6.45) is 23.0. The molecule has 0 saturated heterocycles. The van der Waals surface area contributed by atoms with Gasteiger partial charge in [-0.1, -0.05) is 89.7 Å². The molecule has 0 aromatic carbocycles. The van der Waals surface area contributed by atoms with Gasteiger partial charge in [-0.25, -0.2) is 0 Å². The van der Waals surface area contributed by atoms with Crippen molar-refractivity contribution in [3.05, 3.63) is 34.8 Å². The second kappa shape index (κ2) is 17.3. The molecular formula is C28H44O5. The molecule has 5 nitrogen and oxygen atoms in total. The van der Waals surface area contributed by atoms with Crippen LogP contribution in [0.15, 0.2) is 34.8 Å². The summed E-state index contributed by atoms with van der Waals surface area (Å²) in [5.41, 5.74) is 0.0500. The Kier molecular flexibility index (Phi) is 15.2. The fraction of sp³-hybridized carbons (Fsp3) is 0.679. The number of aliphatic hydroxyl groups is 1. The number of unbranched alkanes of at least 4 members (excludes halogenated alkanes) is 13. The Balaban J connectivity index is 2.08. The molecule has 0 saturated carbocycles. The van der Waals surface area contributed by atoms with Crippen LogP contribution in [0.5, 0.6) is 0 Å². The minimum absolute atomic E-state index is 0.0179. The first-order valence-electron chi connectivity index (χ1n) is 13.0. The van der Waals surface area contributed by atoms with Crippen molar-refractivity contribution in [3.63, 3.8) is 0 Å². The summed E-state index contributed by atoms with van der Waals surface area (Å²) in [7, 11) is 0. The predicted molar refractivity (Wildman–Crippen MR) is 133 cm³/mol. The molecule has 0 aromatic heterocycles. The van der Waals surface area contributed by atoms with Crippen LogP contribution in [-0.2, 0) is 19.1 Å². The van der Waals surface area contributed by atoms with Gasteiger partial charge in [0.05, 0.1) is 0 Å². The minimum Gasteiger partial charge on any atom is -0.504 e. The standard InChI is InChI=1S/C28H44O5/c1-4-5-6-7-8-9-10-11-12-13-14-15-16-17-18-19-20-21-24-26(31)25(30)22(2)28(27(24)32)33-23(3)29/h7-8,31H,4-6,9-21H2,1-3H3. The molecule has 5 heteroatoms. The highest BCUT2D eigenvalue weighted by atomic mass is 16.5. The van der Waals surface area contributed by atoms with E-state index in [1.54, 1.807) is 0 Å². The number of Topliss-reactive ketones (excluding diaryl/α,β-unsaturated/α-hetero) is 2. The maximum Gasteiger partial charge on any atom is 0.308 e. The average molecular weight is 461 g/mol. The molecule has 0 heterocycles. The summed E-state index contributed by atoms with van der Waals surface area (Å²) in [5, 5.41) is 10.1. The van der Waals surface area contributed by atoms with Gasteiger partial charge in [0.15, 0.2) is 11.5 Å². The molecule has 0 bridgehead atoms. The van der Waals surface area contributed by atoms with Crippen molar-refractivity contribution in [2.45, 2.75) is 124 Å². The number of ether oxygens (including phenoxy) is 1. The molecule has 1 aliphatic carbocycles. The molecule has 0 fully saturated rings. The summed E-state index contributed by atoms with van der Waals surface area (Å²) in [6, 6.07) is 0. The van der Waals surface area contributed by atoms with E-state index in [0.717, 1.165) is 25.7 Å². The Labute approximate surface area is 200 Å². The van der Waals surface area contributed by atoms with Gasteiger partial charge in [0, 0.05) is 18.1 Å². The largest absolute Gasteiger partial charge is 0.504 e. The van der Waals surface area contributed by atoms with Gasteiger partial charge in [0.1, 0.15) is 0 Å². The van der Waals surface area contributed by atoms with Crippen LogP contribution in [0.3, 0.4) is 0 Å². The van der Waals surface area contributed by atoms with Gasteiger partial charge in [-0.3, -0.25) is 14.4 Å². The van der Waals surface area contributed by atoms with Gasteiger partial charge in [0.2, 0.25) is 11.6 Å². The van der Waals surface area contributed by atoms with Crippen LogP contribution >= 0.6 is 0 Å². The Bertz CT molecular complexity index is 727. The zero-order valence-electron chi connectivity index (χ0n) is 21.0. The normalized spacial score (nSPS) is 14.6. The highest BCUT2D eigenvalue weighted by molar-refractivity contribution is 6.23. The Morgan fingerprint density at radius 1 is 0.788 bits per heavy atom. The first kappa shape index (κ1) is 28.9. The van der Waals surface area contributed by atoms with E-state index < -0.39 is 23.3 Å². The number of carbonyl (C=O) groups is 3. The number of allylic oxidation sites excluding steroid dienone is 4. The van der Waals surface area contributed by atoms with Crippen LogP contribution in [-0.4, -0.2) is 22.6 Å². The van der Waals surface area contributed by atoms with Crippen LogP contribution in [0.4, 0.5) is 0 Å². The van der Waals surface area contributed by atoms with Gasteiger partial charge < -0.3 is 9.84 Å². The lowest BCUT2D eigenvalue weighted by molar-refractivity contribution is -0.140. The molecule has 0 amide bonds. The summed E-state index contributed by atoms with van der Waals surface area (Å²) < 4.78 is 4.92. The molecule has 0 atom stereocenters. The van der Waals surface area contributed by atoms with E-state index >= 15 is 0 Å². The summed E-state index contributed by atoms with van der Waals surface area (Å²) in [5.74, 6) is -2.58. The lowest BCUT2D eigenvalue weighted by Gasteiger charge is -2.18. The fourth-order valence-electron chi connectivity index (χ4n) is 4.04. The van der Waals surface area contributed by atoms with Gasteiger partial charge in [-0.05, 0) is 39.0 Å². The van der Waals surface area contributed by atoms with E-state index in [1.165, 1.54) is 84.5 Å². The van der Waals surface area contributed by atoms with Crippen LogP contribution in [0.2, 0.25) is 0 Å². The number of hydrogen-bond donors (Lipinski definition) is 1. The smallest absolute Gasteiger partial charge is 0.308 e. The van der Waals surface area contributed by atoms with Crippen LogP contribution in [0.25, 0.3) is 0 Å². The van der Waals surface area contributed by atoms with E-state index in [4.69, 9.17) is 4.74 Å². The zero-order chi connectivity index (χ0) is 24.5. The minimum atomic E-state index is -0.652. The number of esters is 1. The predicted octanol–water partition coefficient (Wildman–Crippen LogP) is 7.61. The molecule has 0 aromatic rings. The number of hydrogen-bond acceptors (Lipinski definition) is 5. The van der Waals surface area contributed by atoms with Gasteiger partial charge in [-0.2, -0.15) is 0 Å². The molecule has 1 aliphatic rings. The van der Waals surface area contributed by atoms with E-state index in [9.17, 15) is 19.5 Å². The zero-order valence-corrected chi connectivity index (χ0v) is 21.0. The van der Waals surface area contributed by atoms with Crippen molar-refractivity contribution >= 4 is 17.5 Å². The van der Waals surface area contributed by atoms with Crippen molar-refractivity contribution in [2.75, 3.05) is 0 Å². The van der Waals surface area contributed by atoms with E-state index in [0.29, 0.717) is 6.42 Å². The molecule has 0 aliphatic heterocycles. The van der Waals surface area contributed by atoms with Crippen molar-refractivity contribution in [3.8, 4) is 0 Å². The van der Waals surface area contributed by atoms with E-state index in [-0.39, 0.29) is 16.9 Å². The number of rotatable bonds is 18. The maximum absolute atomic E-state index is 12.5. The molecule has 1 N–H and O–H groups in total. The third-order valence-corrected chi connectivity index (χ3v) is 6.10. The first-order chi connectivity index (χ1) is 15.9. The molecular weight excluding hydrogens is 416 g/mol. The molecule has 1 rings (SSSR count). The lowest BCUT2D eigenvalue weighted by atomic mass is 9.90. The summed E-state index contributed by atoms with van der Waals surface area (Å²) in [6.45, 7) is 4.80. The van der Waals surface area contributed by atoms with Crippen LogP contribution < -0.4 is 0 Å². The van der Waals surface area contributed by atoms with Crippen molar-refractivity contribution in [1.29, 1.82) is 0 Å². The second-order valence-corrected chi connectivity index (χ2v) is 9.07. The Morgan fingerprint density at radius 2 is 1.27 bits per heavy atom.